The van der Waals surface area contributed by atoms with Gasteiger partial charge in [-0.3, -0.25) is 0 Å². The fraction of sp³-hybridized carbons (Fsp3) is 0.222. The van der Waals surface area contributed by atoms with Gasteiger partial charge in [0.1, 0.15) is 0 Å². The topological polar surface area (TPSA) is 0 Å². The van der Waals surface area contributed by atoms with Crippen LogP contribution < -0.4 is 0 Å². The molecule has 0 heteroatoms. The van der Waals surface area contributed by atoms with E-state index in [4.69, 9.17) is 0 Å². The largest absolute Gasteiger partial charge is 0.0625 e. The Morgan fingerprint density at radius 2 is 0.778 bits per heavy atom. The summed E-state index contributed by atoms with van der Waals surface area (Å²) in [5, 5.41) is 0. The molecule has 1 aromatic carbocycles. The Kier molecular flexibility index (Phi) is 6.59. The number of hydrogen-bond donors (Lipinski definition) is 0. The molecule has 0 N–H and O–H groups in total. The van der Waals surface area contributed by atoms with Crippen LogP contribution in [0.3, 0.4) is 0 Å². The van der Waals surface area contributed by atoms with Crippen molar-refractivity contribution < 1.29 is 0 Å². The third kappa shape index (κ3) is 7.22. The average Bonchev–Trinajstić information content (AvgIpc) is 1.93. The van der Waals surface area contributed by atoms with Crippen molar-refractivity contribution in [1.29, 1.82) is 0 Å². The van der Waals surface area contributed by atoms with Gasteiger partial charge in [0.2, 0.25) is 0 Å². The van der Waals surface area contributed by atoms with E-state index in [1.54, 1.807) is 0 Å². The van der Waals surface area contributed by atoms with Crippen LogP contribution in [0.15, 0.2) is 36.4 Å². The maximum atomic E-state index is 2.00. The van der Waals surface area contributed by atoms with Crippen molar-refractivity contribution >= 4 is 0 Å². The normalized spacial score (nSPS) is 7.33. The molecule has 0 spiro atoms. The second-order valence-corrected chi connectivity index (χ2v) is 1.73. The summed E-state index contributed by atoms with van der Waals surface area (Å²) in [6, 6.07) is 12.0. The highest BCUT2D eigenvalue weighted by atomic mass is 13.6. The molecule has 0 aliphatic carbocycles. The molecule has 1 radical (unpaired) electrons. The lowest BCUT2D eigenvalue weighted by Crippen LogP contribution is -1.47. The van der Waals surface area contributed by atoms with Gasteiger partial charge in [0.15, 0.2) is 0 Å². The van der Waals surface area contributed by atoms with Gasteiger partial charge in [-0.15, -0.1) is 0 Å². The minimum Gasteiger partial charge on any atom is -0.0625 e. The molecule has 0 saturated carbocycles. The van der Waals surface area contributed by atoms with E-state index in [0.717, 1.165) is 0 Å². The molecule has 0 bridgehead atoms. The molecule has 0 amide bonds. The summed E-state index contributed by atoms with van der Waals surface area (Å²) in [6.07, 6.45) is 2.00. The number of benzene rings is 1. The van der Waals surface area contributed by atoms with Crippen molar-refractivity contribution in [1.82, 2.24) is 0 Å². The van der Waals surface area contributed by atoms with E-state index in [0.29, 0.717) is 0 Å². The summed E-state index contributed by atoms with van der Waals surface area (Å²) in [4.78, 5) is 0. The molecular weight excluding hydrogens is 108 g/mol. The first-order chi connectivity index (χ1) is 4.41. The molecule has 1 aromatic rings. The van der Waals surface area contributed by atoms with Gasteiger partial charge >= 0.3 is 0 Å². The van der Waals surface area contributed by atoms with Gasteiger partial charge in [0, 0.05) is 0 Å². The van der Waals surface area contributed by atoms with Crippen LogP contribution >= 0.6 is 0 Å². The summed E-state index contributed by atoms with van der Waals surface area (Å²) in [6.45, 7) is 4.00. The minimum absolute atomic E-state index is 2.00. The maximum absolute atomic E-state index is 2.00. The zero-order valence-corrected chi connectivity index (χ0v) is 6.04. The quantitative estimate of drug-likeness (QED) is 0.495. The smallest absolute Gasteiger partial charge is 0.0448 e. The molecule has 0 saturated heterocycles. The molecule has 0 aliphatic rings. The zero-order valence-electron chi connectivity index (χ0n) is 6.04. The number of hydrogen-bond acceptors (Lipinski definition) is 0. The van der Waals surface area contributed by atoms with E-state index in [9.17, 15) is 0 Å². The Morgan fingerprint density at radius 3 is 0.889 bits per heavy atom. The highest BCUT2D eigenvalue weighted by molar-refractivity contribution is 4.99. The fourth-order valence-corrected chi connectivity index (χ4v) is 0.385. The Hall–Kier alpha value is -0.780. The molecule has 1 rings (SSSR count). The van der Waals surface area contributed by atoms with Gasteiger partial charge in [0.05, 0.1) is 0 Å². The molecule has 49 valence electrons. The van der Waals surface area contributed by atoms with E-state index in [-0.39, 0.29) is 0 Å². The van der Waals surface area contributed by atoms with Crippen molar-refractivity contribution in [3.63, 3.8) is 0 Å². The molecule has 0 nitrogen and oxygen atoms in total. The van der Waals surface area contributed by atoms with Gasteiger partial charge in [-0.1, -0.05) is 50.2 Å². The first-order valence-corrected chi connectivity index (χ1v) is 3.15. The third-order valence-electron chi connectivity index (χ3n) is 0.667. The molecule has 0 atom stereocenters. The third-order valence-corrected chi connectivity index (χ3v) is 0.667. The van der Waals surface area contributed by atoms with E-state index in [2.05, 4.69) is 0 Å². The van der Waals surface area contributed by atoms with Gasteiger partial charge in [-0.05, 0) is 6.42 Å². The molecule has 0 heterocycles. The zero-order chi connectivity index (χ0) is 6.95. The second kappa shape index (κ2) is 7.22. The predicted molar refractivity (Wildman–Crippen MR) is 42.1 cm³/mol. The van der Waals surface area contributed by atoms with Crippen LogP contribution in [0.4, 0.5) is 0 Å². The standard InChI is InChI=1S/C6H6.C3H7/c1-2-4-6-5-3-1;1-3-2/h1-6H;3H,1-2H3. The number of rotatable bonds is 0. The van der Waals surface area contributed by atoms with Crippen LogP contribution in [0.2, 0.25) is 0 Å². The van der Waals surface area contributed by atoms with Crippen molar-refractivity contribution in [2.45, 2.75) is 13.8 Å². The summed E-state index contributed by atoms with van der Waals surface area (Å²) >= 11 is 0. The van der Waals surface area contributed by atoms with Gasteiger partial charge in [-0.25, -0.2) is 0 Å². The second-order valence-electron chi connectivity index (χ2n) is 1.73. The Balaban J connectivity index is 0.000000187. The first kappa shape index (κ1) is 8.22. The molecule has 9 heavy (non-hydrogen) atoms. The summed E-state index contributed by atoms with van der Waals surface area (Å²) in [5.74, 6) is 0. The van der Waals surface area contributed by atoms with E-state index < -0.39 is 0 Å². The van der Waals surface area contributed by atoms with Gasteiger partial charge in [0.25, 0.3) is 0 Å². The van der Waals surface area contributed by atoms with Gasteiger partial charge < -0.3 is 0 Å². The van der Waals surface area contributed by atoms with Crippen LogP contribution in [-0.2, 0) is 0 Å². The van der Waals surface area contributed by atoms with Crippen LogP contribution in [0.25, 0.3) is 0 Å². The van der Waals surface area contributed by atoms with Gasteiger partial charge in [-0.2, -0.15) is 0 Å². The summed E-state index contributed by atoms with van der Waals surface area (Å²) < 4.78 is 0. The van der Waals surface area contributed by atoms with Crippen molar-refractivity contribution in [3.8, 4) is 0 Å². The van der Waals surface area contributed by atoms with Crippen LogP contribution in [0.1, 0.15) is 13.8 Å². The minimum atomic E-state index is 2.00. The van der Waals surface area contributed by atoms with Crippen molar-refractivity contribution in [3.05, 3.63) is 42.8 Å². The molecule has 0 aliphatic heterocycles. The monoisotopic (exact) mass is 121 g/mol. The molecular formula is C9H13. The van der Waals surface area contributed by atoms with E-state index in [1.165, 1.54) is 0 Å². The molecule has 0 unspecified atom stereocenters. The van der Waals surface area contributed by atoms with Crippen LogP contribution in [0, 0.1) is 6.42 Å². The lowest BCUT2D eigenvalue weighted by molar-refractivity contribution is 1.41. The maximum Gasteiger partial charge on any atom is -0.0448 e. The highest BCUT2D eigenvalue weighted by Crippen LogP contribution is 1.79. The Bertz CT molecular complexity index is 82.9. The van der Waals surface area contributed by atoms with Crippen molar-refractivity contribution in [2.75, 3.05) is 0 Å². The molecule has 0 aromatic heterocycles. The van der Waals surface area contributed by atoms with E-state index in [1.807, 2.05) is 56.7 Å². The Morgan fingerprint density at radius 1 is 0.667 bits per heavy atom. The first-order valence-electron chi connectivity index (χ1n) is 3.15. The fourth-order valence-electron chi connectivity index (χ4n) is 0.385. The lowest BCUT2D eigenvalue weighted by Gasteiger charge is -1.69. The van der Waals surface area contributed by atoms with Crippen molar-refractivity contribution in [2.24, 2.45) is 0 Å². The Labute approximate surface area is 57.5 Å². The lowest BCUT2D eigenvalue weighted by atomic mass is 10.4. The highest BCUT2D eigenvalue weighted by Gasteiger charge is 1.57. The average molecular weight is 121 g/mol. The van der Waals surface area contributed by atoms with Crippen LogP contribution in [0.5, 0.6) is 0 Å². The predicted octanol–water partition coefficient (Wildman–Crippen LogP) is 2.92. The SMILES string of the molecule is C[CH]C.c1ccccc1. The summed E-state index contributed by atoms with van der Waals surface area (Å²) in [5.41, 5.74) is 0. The van der Waals surface area contributed by atoms with Crippen LogP contribution in [-0.4, -0.2) is 0 Å². The summed E-state index contributed by atoms with van der Waals surface area (Å²) in [7, 11) is 0. The molecule has 0 fully saturated rings. The van der Waals surface area contributed by atoms with E-state index >= 15 is 0 Å².